The van der Waals surface area contributed by atoms with E-state index < -0.39 is 17.9 Å². The lowest BCUT2D eigenvalue weighted by molar-refractivity contribution is -0.139. The van der Waals surface area contributed by atoms with Crippen LogP contribution in [0.4, 0.5) is 0 Å². The van der Waals surface area contributed by atoms with Crippen molar-refractivity contribution in [3.8, 4) is 10.8 Å². The number of amides is 1. The fraction of sp³-hybridized carbons (Fsp3) is 0.357. The molecule has 1 amide bonds. The minimum atomic E-state index is -1.04. The summed E-state index contributed by atoms with van der Waals surface area (Å²) in [5.41, 5.74) is 0.196. The summed E-state index contributed by atoms with van der Waals surface area (Å²) in [4.78, 5) is 27.4. The zero-order valence-corrected chi connectivity index (χ0v) is 12.5. The lowest BCUT2D eigenvalue weighted by atomic mass is 10.0. The summed E-state index contributed by atoms with van der Waals surface area (Å²) in [5.74, 6) is -0.785. The normalized spacial score (nSPS) is 12.3. The summed E-state index contributed by atoms with van der Waals surface area (Å²) < 4.78 is 5.21. The number of nitrogens with one attached hydrogen (secondary N) is 1. The Bertz CT molecular complexity index is 619. The van der Waals surface area contributed by atoms with Gasteiger partial charge in [-0.3, -0.25) is 4.79 Å². The van der Waals surface area contributed by atoms with Crippen LogP contribution in [0.5, 0.6) is 0 Å². The molecule has 0 spiro atoms. The van der Waals surface area contributed by atoms with Crippen LogP contribution in [0.1, 0.15) is 30.8 Å². The van der Waals surface area contributed by atoms with Gasteiger partial charge in [-0.05, 0) is 24.5 Å². The Kier molecular flexibility index (Phi) is 4.74. The van der Waals surface area contributed by atoms with Crippen molar-refractivity contribution in [2.75, 3.05) is 0 Å². The zero-order chi connectivity index (χ0) is 15.4. The number of carboxylic acids is 1. The Morgan fingerprint density at radius 2 is 2.24 bits per heavy atom. The molecule has 2 heterocycles. The molecular formula is C14H16N2O4S. The van der Waals surface area contributed by atoms with E-state index in [1.807, 2.05) is 13.8 Å². The second-order valence-corrected chi connectivity index (χ2v) is 5.87. The van der Waals surface area contributed by atoms with Gasteiger partial charge in [0.25, 0.3) is 5.91 Å². The maximum absolute atomic E-state index is 12.1. The van der Waals surface area contributed by atoms with Crippen molar-refractivity contribution in [3.05, 3.63) is 29.5 Å². The maximum atomic E-state index is 12.1. The molecule has 0 unspecified atom stereocenters. The van der Waals surface area contributed by atoms with Crippen LogP contribution in [-0.4, -0.2) is 28.0 Å². The molecule has 2 N–H and O–H groups in total. The van der Waals surface area contributed by atoms with E-state index in [0.29, 0.717) is 17.2 Å². The molecule has 0 aliphatic heterocycles. The van der Waals surface area contributed by atoms with Gasteiger partial charge in [-0.2, -0.15) is 0 Å². The highest BCUT2D eigenvalue weighted by Crippen LogP contribution is 2.23. The SMILES string of the molecule is CC(C)C[C@@H](NC(=O)c1csc(-c2ccco2)n1)C(=O)O. The van der Waals surface area contributed by atoms with Gasteiger partial charge in [-0.1, -0.05) is 13.8 Å². The first-order valence-electron chi connectivity index (χ1n) is 6.50. The number of carbonyl (C=O) groups is 2. The molecule has 2 aromatic heterocycles. The number of aromatic nitrogens is 1. The van der Waals surface area contributed by atoms with Crippen molar-refractivity contribution >= 4 is 23.2 Å². The van der Waals surface area contributed by atoms with E-state index in [2.05, 4.69) is 10.3 Å². The Morgan fingerprint density at radius 3 is 2.81 bits per heavy atom. The first kappa shape index (κ1) is 15.2. The number of carboxylic acid groups (broad SMARTS) is 1. The molecule has 6 nitrogen and oxygen atoms in total. The van der Waals surface area contributed by atoms with Crippen molar-refractivity contribution in [1.29, 1.82) is 0 Å². The molecule has 7 heteroatoms. The van der Waals surface area contributed by atoms with Gasteiger partial charge in [0.15, 0.2) is 10.8 Å². The van der Waals surface area contributed by atoms with Gasteiger partial charge in [0.1, 0.15) is 11.7 Å². The Balaban J connectivity index is 2.07. The quantitative estimate of drug-likeness (QED) is 0.855. The fourth-order valence-corrected chi connectivity index (χ4v) is 2.58. The molecular weight excluding hydrogens is 292 g/mol. The van der Waals surface area contributed by atoms with Crippen molar-refractivity contribution in [2.24, 2.45) is 5.92 Å². The monoisotopic (exact) mass is 308 g/mol. The van der Waals surface area contributed by atoms with E-state index in [0.717, 1.165) is 0 Å². The van der Waals surface area contributed by atoms with E-state index in [1.165, 1.54) is 17.6 Å². The Labute approximate surface area is 125 Å². The van der Waals surface area contributed by atoms with Gasteiger partial charge < -0.3 is 14.8 Å². The van der Waals surface area contributed by atoms with Crippen LogP contribution >= 0.6 is 11.3 Å². The van der Waals surface area contributed by atoms with E-state index >= 15 is 0 Å². The molecule has 0 fully saturated rings. The topological polar surface area (TPSA) is 92.4 Å². The number of rotatable bonds is 6. The summed E-state index contributed by atoms with van der Waals surface area (Å²) in [6.45, 7) is 3.81. The number of thiazole rings is 1. The molecule has 0 aliphatic rings. The molecule has 21 heavy (non-hydrogen) atoms. The third-order valence-electron chi connectivity index (χ3n) is 2.78. The molecule has 0 bridgehead atoms. The Hall–Kier alpha value is -2.15. The minimum Gasteiger partial charge on any atom is -0.480 e. The zero-order valence-electron chi connectivity index (χ0n) is 11.7. The van der Waals surface area contributed by atoms with Gasteiger partial charge in [0.2, 0.25) is 0 Å². The first-order valence-corrected chi connectivity index (χ1v) is 7.38. The molecule has 1 atom stereocenters. The molecule has 2 aromatic rings. The summed E-state index contributed by atoms with van der Waals surface area (Å²) in [6, 6.07) is 2.57. The van der Waals surface area contributed by atoms with Crippen LogP contribution in [0.3, 0.4) is 0 Å². The van der Waals surface area contributed by atoms with Crippen molar-refractivity contribution in [1.82, 2.24) is 10.3 Å². The molecule has 112 valence electrons. The predicted octanol–water partition coefficient (Wildman–Crippen LogP) is 2.63. The molecule has 0 saturated heterocycles. The van der Waals surface area contributed by atoms with Crippen LogP contribution in [0.2, 0.25) is 0 Å². The number of hydrogen-bond donors (Lipinski definition) is 2. The lowest BCUT2D eigenvalue weighted by Crippen LogP contribution is -2.41. The molecule has 0 saturated carbocycles. The Morgan fingerprint density at radius 1 is 1.48 bits per heavy atom. The molecule has 0 aliphatic carbocycles. The second kappa shape index (κ2) is 6.53. The van der Waals surface area contributed by atoms with Gasteiger partial charge >= 0.3 is 5.97 Å². The van der Waals surface area contributed by atoms with Crippen LogP contribution < -0.4 is 5.32 Å². The fourth-order valence-electron chi connectivity index (χ4n) is 1.82. The van der Waals surface area contributed by atoms with Gasteiger partial charge in [-0.25, -0.2) is 9.78 Å². The highest BCUT2D eigenvalue weighted by Gasteiger charge is 2.23. The van der Waals surface area contributed by atoms with E-state index in [9.17, 15) is 9.59 Å². The summed E-state index contributed by atoms with van der Waals surface area (Å²) >= 11 is 1.27. The van der Waals surface area contributed by atoms with E-state index in [4.69, 9.17) is 9.52 Å². The average molecular weight is 308 g/mol. The van der Waals surface area contributed by atoms with Gasteiger partial charge in [0, 0.05) is 5.38 Å². The van der Waals surface area contributed by atoms with E-state index in [-0.39, 0.29) is 11.6 Å². The van der Waals surface area contributed by atoms with Gasteiger partial charge in [-0.15, -0.1) is 11.3 Å². The number of nitrogens with zero attached hydrogens (tertiary/aromatic N) is 1. The van der Waals surface area contributed by atoms with E-state index in [1.54, 1.807) is 17.5 Å². The van der Waals surface area contributed by atoms with Crippen LogP contribution in [0, 0.1) is 5.92 Å². The minimum absolute atomic E-state index is 0.167. The predicted molar refractivity (Wildman–Crippen MR) is 78.2 cm³/mol. The summed E-state index contributed by atoms with van der Waals surface area (Å²) in [6.07, 6.45) is 1.90. The molecule has 2 rings (SSSR count). The number of aliphatic carboxylic acids is 1. The average Bonchev–Trinajstić information content (AvgIpc) is 3.08. The van der Waals surface area contributed by atoms with Crippen molar-refractivity contribution in [3.63, 3.8) is 0 Å². The number of hydrogen-bond acceptors (Lipinski definition) is 5. The maximum Gasteiger partial charge on any atom is 0.326 e. The summed E-state index contributed by atoms with van der Waals surface area (Å²) in [5, 5.41) is 13.8. The highest BCUT2D eigenvalue weighted by molar-refractivity contribution is 7.13. The van der Waals surface area contributed by atoms with Crippen LogP contribution in [0.15, 0.2) is 28.2 Å². The lowest BCUT2D eigenvalue weighted by Gasteiger charge is -2.15. The number of carbonyl (C=O) groups excluding carboxylic acids is 1. The van der Waals surface area contributed by atoms with Crippen molar-refractivity contribution < 1.29 is 19.1 Å². The summed E-state index contributed by atoms with van der Waals surface area (Å²) in [7, 11) is 0. The number of furan rings is 1. The highest BCUT2D eigenvalue weighted by atomic mass is 32.1. The van der Waals surface area contributed by atoms with Crippen LogP contribution in [-0.2, 0) is 4.79 Å². The smallest absolute Gasteiger partial charge is 0.326 e. The third-order valence-corrected chi connectivity index (χ3v) is 3.64. The van der Waals surface area contributed by atoms with Crippen LogP contribution in [0.25, 0.3) is 10.8 Å². The third kappa shape index (κ3) is 3.91. The largest absolute Gasteiger partial charge is 0.480 e. The molecule has 0 radical (unpaired) electrons. The second-order valence-electron chi connectivity index (χ2n) is 5.01. The van der Waals surface area contributed by atoms with Crippen molar-refractivity contribution in [2.45, 2.75) is 26.3 Å². The standard InChI is InChI=1S/C14H16N2O4S/c1-8(2)6-9(14(18)19)15-12(17)10-7-21-13(16-10)11-4-3-5-20-11/h3-5,7-9H,6H2,1-2H3,(H,15,17)(H,18,19)/t9-/m1/s1. The first-order chi connectivity index (χ1) is 9.97. The van der Waals surface area contributed by atoms with Gasteiger partial charge in [0.05, 0.1) is 6.26 Å². The molecule has 0 aromatic carbocycles.